The molecule has 74 valence electrons. The molecule has 4 heteroatoms. The number of hydrogen-bond donors (Lipinski definition) is 2. The van der Waals surface area contributed by atoms with Crippen LogP contribution in [0, 0.1) is 0 Å². The molecule has 0 saturated heterocycles. The van der Waals surface area contributed by atoms with E-state index in [2.05, 4.69) is 0 Å². The predicted octanol–water partition coefficient (Wildman–Crippen LogP) is 0.514. The maximum atomic E-state index is 10.9. The lowest BCUT2D eigenvalue weighted by molar-refractivity contribution is -0.144. The topological polar surface area (TPSA) is 80.4 Å². The van der Waals surface area contributed by atoms with Gasteiger partial charge in [0, 0.05) is 6.42 Å². The number of rotatable bonds is 4. The molecule has 4 nitrogen and oxygen atoms in total. The standard InChI is InChI=1S/C10H11NO3/c11-10(6-7-12,9(13)14)8-4-2-1-3-5-8/h1-5,7H,6,11H2,(H,13,14). The molecule has 1 unspecified atom stereocenters. The fourth-order valence-electron chi connectivity index (χ4n) is 1.20. The van der Waals surface area contributed by atoms with Crippen molar-refractivity contribution in [2.45, 2.75) is 12.0 Å². The Kier molecular flexibility index (Phi) is 2.99. The largest absolute Gasteiger partial charge is 0.480 e. The summed E-state index contributed by atoms with van der Waals surface area (Å²) >= 11 is 0. The number of aliphatic carboxylic acids is 1. The summed E-state index contributed by atoms with van der Waals surface area (Å²) in [6, 6.07) is 8.32. The van der Waals surface area contributed by atoms with Crippen molar-refractivity contribution >= 4 is 12.3 Å². The van der Waals surface area contributed by atoms with Gasteiger partial charge in [-0.2, -0.15) is 0 Å². The summed E-state index contributed by atoms with van der Waals surface area (Å²) in [4.78, 5) is 21.3. The second-order valence-corrected chi connectivity index (χ2v) is 3.01. The first kappa shape index (κ1) is 10.4. The molecule has 0 aliphatic rings. The summed E-state index contributed by atoms with van der Waals surface area (Å²) in [6.45, 7) is 0. The van der Waals surface area contributed by atoms with Gasteiger partial charge in [-0.05, 0) is 5.56 Å². The van der Waals surface area contributed by atoms with Crippen molar-refractivity contribution in [3.63, 3.8) is 0 Å². The molecule has 14 heavy (non-hydrogen) atoms. The molecule has 0 saturated carbocycles. The molecule has 0 aliphatic carbocycles. The Bertz CT molecular complexity index is 336. The third kappa shape index (κ3) is 1.80. The number of nitrogens with two attached hydrogens (primary N) is 1. The summed E-state index contributed by atoms with van der Waals surface area (Å²) in [7, 11) is 0. The zero-order valence-corrected chi connectivity index (χ0v) is 7.51. The Morgan fingerprint density at radius 1 is 1.43 bits per heavy atom. The number of benzene rings is 1. The number of carboxylic acids is 1. The summed E-state index contributed by atoms with van der Waals surface area (Å²) in [5.41, 5.74) is 4.46. The molecule has 0 amide bonds. The smallest absolute Gasteiger partial charge is 0.328 e. The van der Waals surface area contributed by atoms with Gasteiger partial charge in [0.2, 0.25) is 0 Å². The van der Waals surface area contributed by atoms with Crippen molar-refractivity contribution < 1.29 is 14.7 Å². The van der Waals surface area contributed by atoms with E-state index in [9.17, 15) is 9.59 Å². The van der Waals surface area contributed by atoms with Gasteiger partial charge in [-0.15, -0.1) is 0 Å². The Balaban J connectivity index is 3.12. The van der Waals surface area contributed by atoms with E-state index in [0.29, 0.717) is 11.8 Å². The van der Waals surface area contributed by atoms with Gasteiger partial charge < -0.3 is 15.6 Å². The third-order valence-corrected chi connectivity index (χ3v) is 2.08. The molecule has 0 spiro atoms. The number of aldehydes is 1. The van der Waals surface area contributed by atoms with Gasteiger partial charge in [-0.3, -0.25) is 0 Å². The molecule has 1 rings (SSSR count). The minimum absolute atomic E-state index is 0.230. The first-order valence-corrected chi connectivity index (χ1v) is 4.12. The lowest BCUT2D eigenvalue weighted by atomic mass is 9.88. The van der Waals surface area contributed by atoms with E-state index < -0.39 is 11.5 Å². The van der Waals surface area contributed by atoms with Crippen LogP contribution in [-0.4, -0.2) is 17.4 Å². The lowest BCUT2D eigenvalue weighted by Crippen LogP contribution is -2.45. The zero-order chi connectivity index (χ0) is 10.6. The van der Waals surface area contributed by atoms with Gasteiger partial charge in [-0.25, -0.2) is 4.79 Å². The van der Waals surface area contributed by atoms with E-state index in [1.807, 2.05) is 0 Å². The third-order valence-electron chi connectivity index (χ3n) is 2.08. The summed E-state index contributed by atoms with van der Waals surface area (Å²) < 4.78 is 0. The number of carbonyl (C=O) groups is 2. The highest BCUT2D eigenvalue weighted by Gasteiger charge is 2.35. The lowest BCUT2D eigenvalue weighted by Gasteiger charge is -2.22. The van der Waals surface area contributed by atoms with Crippen molar-refractivity contribution in [1.82, 2.24) is 0 Å². The molecule has 0 heterocycles. The van der Waals surface area contributed by atoms with Gasteiger partial charge in [-0.1, -0.05) is 30.3 Å². The average Bonchev–Trinajstić information content (AvgIpc) is 2.19. The van der Waals surface area contributed by atoms with Gasteiger partial charge in [0.05, 0.1) is 0 Å². The Morgan fingerprint density at radius 3 is 2.43 bits per heavy atom. The second-order valence-electron chi connectivity index (χ2n) is 3.01. The van der Waals surface area contributed by atoms with Crippen molar-refractivity contribution in [1.29, 1.82) is 0 Å². The molecule has 0 aromatic heterocycles. The molecule has 0 fully saturated rings. The van der Waals surface area contributed by atoms with E-state index in [4.69, 9.17) is 10.8 Å². The van der Waals surface area contributed by atoms with Crippen molar-refractivity contribution in [3.05, 3.63) is 35.9 Å². The summed E-state index contributed by atoms with van der Waals surface area (Å²) in [5, 5.41) is 8.93. The van der Waals surface area contributed by atoms with Gasteiger partial charge >= 0.3 is 5.97 Å². The molecule has 0 aliphatic heterocycles. The Hall–Kier alpha value is -1.68. The highest BCUT2D eigenvalue weighted by Crippen LogP contribution is 2.21. The molecule has 1 aromatic carbocycles. The van der Waals surface area contributed by atoms with Crippen LogP contribution in [0.2, 0.25) is 0 Å². The van der Waals surface area contributed by atoms with E-state index in [1.165, 1.54) is 0 Å². The molecule has 0 bridgehead atoms. The average molecular weight is 193 g/mol. The summed E-state index contributed by atoms with van der Waals surface area (Å²) in [5.74, 6) is -1.20. The van der Waals surface area contributed by atoms with Crippen LogP contribution in [0.5, 0.6) is 0 Å². The Morgan fingerprint density at radius 2 is 2.00 bits per heavy atom. The number of hydrogen-bond acceptors (Lipinski definition) is 3. The molecule has 1 aromatic rings. The van der Waals surface area contributed by atoms with Crippen LogP contribution in [0.4, 0.5) is 0 Å². The quantitative estimate of drug-likeness (QED) is 0.683. The van der Waals surface area contributed by atoms with Crippen LogP contribution in [0.1, 0.15) is 12.0 Å². The highest BCUT2D eigenvalue weighted by atomic mass is 16.4. The van der Waals surface area contributed by atoms with Crippen LogP contribution < -0.4 is 5.73 Å². The first-order valence-electron chi connectivity index (χ1n) is 4.12. The molecular weight excluding hydrogens is 182 g/mol. The van der Waals surface area contributed by atoms with Crippen molar-refractivity contribution in [2.75, 3.05) is 0 Å². The fourth-order valence-corrected chi connectivity index (χ4v) is 1.20. The van der Waals surface area contributed by atoms with Gasteiger partial charge in [0.1, 0.15) is 11.8 Å². The van der Waals surface area contributed by atoms with Crippen LogP contribution in [0.15, 0.2) is 30.3 Å². The van der Waals surface area contributed by atoms with E-state index >= 15 is 0 Å². The molecule has 3 N–H and O–H groups in total. The zero-order valence-electron chi connectivity index (χ0n) is 7.51. The Labute approximate surface area is 81.3 Å². The van der Waals surface area contributed by atoms with Gasteiger partial charge in [0.25, 0.3) is 0 Å². The minimum Gasteiger partial charge on any atom is -0.480 e. The van der Waals surface area contributed by atoms with Crippen LogP contribution in [-0.2, 0) is 15.1 Å². The maximum Gasteiger partial charge on any atom is 0.328 e. The van der Waals surface area contributed by atoms with Gasteiger partial charge in [0.15, 0.2) is 0 Å². The highest BCUT2D eigenvalue weighted by molar-refractivity contribution is 5.83. The maximum absolute atomic E-state index is 10.9. The van der Waals surface area contributed by atoms with Crippen LogP contribution >= 0.6 is 0 Å². The SMILES string of the molecule is NC(CC=O)(C(=O)O)c1ccccc1. The van der Waals surface area contributed by atoms with E-state index in [-0.39, 0.29) is 6.42 Å². The monoisotopic (exact) mass is 193 g/mol. The van der Waals surface area contributed by atoms with E-state index in [0.717, 1.165) is 0 Å². The van der Waals surface area contributed by atoms with Crippen molar-refractivity contribution in [2.24, 2.45) is 5.73 Å². The fraction of sp³-hybridized carbons (Fsp3) is 0.200. The van der Waals surface area contributed by atoms with Crippen molar-refractivity contribution in [3.8, 4) is 0 Å². The number of carboxylic acid groups (broad SMARTS) is 1. The molecule has 0 radical (unpaired) electrons. The minimum atomic E-state index is -1.61. The molecular formula is C10H11NO3. The molecule has 1 atom stereocenters. The normalized spacial score (nSPS) is 14.4. The number of carbonyl (C=O) groups excluding carboxylic acids is 1. The predicted molar refractivity (Wildman–Crippen MR) is 50.6 cm³/mol. The second kappa shape index (κ2) is 4.02. The van der Waals surface area contributed by atoms with E-state index in [1.54, 1.807) is 30.3 Å². The van der Waals surface area contributed by atoms with Crippen LogP contribution in [0.3, 0.4) is 0 Å². The summed E-state index contributed by atoms with van der Waals surface area (Å²) in [6.07, 6.45) is 0.285. The van der Waals surface area contributed by atoms with Crippen LogP contribution in [0.25, 0.3) is 0 Å². The first-order chi connectivity index (χ1) is 6.61.